The van der Waals surface area contributed by atoms with Crippen molar-refractivity contribution >= 4 is 11.4 Å². The molecule has 0 amide bonds. The van der Waals surface area contributed by atoms with Gasteiger partial charge in [-0.1, -0.05) is 94.2 Å². The molecule has 3 aliphatic carbocycles. The average Bonchev–Trinajstić information content (AvgIpc) is 3.45. The van der Waals surface area contributed by atoms with Crippen LogP contribution in [0.4, 0.5) is 11.4 Å². The zero-order chi connectivity index (χ0) is 25.7. The topological polar surface area (TPSA) is 6.48 Å². The molecule has 2 heteroatoms. The molecule has 0 spiro atoms. The van der Waals surface area contributed by atoms with Gasteiger partial charge in [-0.15, -0.1) is 0 Å². The maximum absolute atomic E-state index is 2.95. The summed E-state index contributed by atoms with van der Waals surface area (Å²) in [6.07, 6.45) is 21.5. The molecule has 202 valence electrons. The van der Waals surface area contributed by atoms with Crippen molar-refractivity contribution in [2.45, 2.75) is 122 Å². The summed E-state index contributed by atoms with van der Waals surface area (Å²) >= 11 is 0. The molecule has 0 saturated heterocycles. The Labute approximate surface area is 231 Å². The molecule has 0 aromatic heterocycles. The summed E-state index contributed by atoms with van der Waals surface area (Å²) in [7, 11) is 0. The van der Waals surface area contributed by atoms with Crippen molar-refractivity contribution in [3.8, 4) is 0 Å². The predicted molar refractivity (Wildman–Crippen MR) is 160 cm³/mol. The molecule has 2 nitrogen and oxygen atoms in total. The lowest BCUT2D eigenvalue weighted by Crippen LogP contribution is -2.48. The van der Waals surface area contributed by atoms with Gasteiger partial charge in [-0.25, -0.2) is 0 Å². The summed E-state index contributed by atoms with van der Waals surface area (Å²) in [5.41, 5.74) is 9.62. The van der Waals surface area contributed by atoms with Crippen LogP contribution in [0.3, 0.4) is 0 Å². The molecule has 2 aromatic carbocycles. The Hall–Kier alpha value is -2.22. The smallest absolute Gasteiger partial charge is 0.113 e. The van der Waals surface area contributed by atoms with E-state index < -0.39 is 0 Å². The molecule has 5 aliphatic rings. The summed E-state index contributed by atoms with van der Waals surface area (Å²) in [6, 6.07) is 19.0. The standard InChI is InChI=1S/C36H48N2/c1-26-16-12-14-24-32(26)37-27(2)34-36(29-19-8-4-9-20-29,30-21-10-5-11-22-30)31-23-13-15-25-33(31)38(34)35(37)28-17-6-3-7-18-28/h12-16,23-25,28-30,35H,3-11,17-22H2,1-2H3. The van der Waals surface area contributed by atoms with Crippen LogP contribution >= 0.6 is 0 Å². The molecule has 0 radical (unpaired) electrons. The van der Waals surface area contributed by atoms with E-state index in [0.717, 1.165) is 17.8 Å². The second kappa shape index (κ2) is 10.1. The van der Waals surface area contributed by atoms with Crippen LogP contribution in [0.15, 0.2) is 59.9 Å². The minimum absolute atomic E-state index is 0.186. The summed E-state index contributed by atoms with van der Waals surface area (Å²) in [5, 5.41) is 0. The molecule has 3 fully saturated rings. The summed E-state index contributed by atoms with van der Waals surface area (Å²) in [6.45, 7) is 4.85. The van der Waals surface area contributed by atoms with Crippen molar-refractivity contribution < 1.29 is 0 Å². The second-order valence-corrected chi connectivity index (χ2v) is 13.3. The second-order valence-electron chi connectivity index (χ2n) is 13.3. The minimum atomic E-state index is 0.186. The van der Waals surface area contributed by atoms with Gasteiger partial charge in [0.05, 0.1) is 5.70 Å². The van der Waals surface area contributed by atoms with Gasteiger partial charge in [-0.3, -0.25) is 0 Å². The van der Waals surface area contributed by atoms with Crippen LogP contribution in [0.25, 0.3) is 0 Å². The summed E-state index contributed by atoms with van der Waals surface area (Å²) in [4.78, 5) is 5.80. The van der Waals surface area contributed by atoms with E-state index >= 15 is 0 Å². The van der Waals surface area contributed by atoms with Gasteiger partial charge in [-0.05, 0) is 93.4 Å². The van der Waals surface area contributed by atoms with E-state index in [-0.39, 0.29) is 5.41 Å². The average molecular weight is 509 g/mol. The van der Waals surface area contributed by atoms with E-state index in [1.54, 1.807) is 22.6 Å². The van der Waals surface area contributed by atoms with Crippen molar-refractivity contribution in [2.24, 2.45) is 17.8 Å². The quantitative estimate of drug-likeness (QED) is 0.405. The Bertz CT molecular complexity index is 1160. The first-order valence-corrected chi connectivity index (χ1v) is 16.2. The Kier molecular flexibility index (Phi) is 6.57. The molecule has 2 heterocycles. The van der Waals surface area contributed by atoms with Crippen LogP contribution in [-0.4, -0.2) is 6.17 Å². The van der Waals surface area contributed by atoms with E-state index in [1.807, 2.05) is 0 Å². The van der Waals surface area contributed by atoms with Crippen molar-refractivity contribution in [1.29, 1.82) is 0 Å². The SMILES string of the molecule is CC1=C2N(c3ccccc3C2(C2CCCCC2)C2CCCCC2)C(C2CCCCC2)N1c1ccccc1C. The van der Waals surface area contributed by atoms with Gasteiger partial charge in [0, 0.05) is 22.5 Å². The first-order chi connectivity index (χ1) is 18.7. The van der Waals surface area contributed by atoms with Crippen molar-refractivity contribution in [3.63, 3.8) is 0 Å². The number of para-hydroxylation sites is 2. The number of benzene rings is 2. The minimum Gasteiger partial charge on any atom is -0.322 e. The summed E-state index contributed by atoms with van der Waals surface area (Å²) < 4.78 is 0. The molecule has 1 atom stereocenters. The monoisotopic (exact) mass is 508 g/mol. The Morgan fingerprint density at radius 1 is 0.579 bits per heavy atom. The maximum Gasteiger partial charge on any atom is 0.113 e. The number of anilines is 2. The number of fused-ring (bicyclic) bond motifs is 3. The van der Waals surface area contributed by atoms with Crippen LogP contribution in [0.1, 0.15) is 114 Å². The van der Waals surface area contributed by atoms with Crippen molar-refractivity contribution in [3.05, 3.63) is 71.1 Å². The van der Waals surface area contributed by atoms with Gasteiger partial charge >= 0.3 is 0 Å². The van der Waals surface area contributed by atoms with Gasteiger partial charge in [0.1, 0.15) is 6.17 Å². The Morgan fingerprint density at radius 3 is 1.71 bits per heavy atom. The number of rotatable bonds is 4. The van der Waals surface area contributed by atoms with E-state index in [4.69, 9.17) is 0 Å². The van der Waals surface area contributed by atoms with Gasteiger partial charge in [0.15, 0.2) is 0 Å². The van der Waals surface area contributed by atoms with E-state index in [0.29, 0.717) is 6.17 Å². The fourth-order valence-electron chi connectivity index (χ4n) is 9.94. The molecule has 7 rings (SSSR count). The van der Waals surface area contributed by atoms with Gasteiger partial charge in [0.2, 0.25) is 0 Å². The molecular weight excluding hydrogens is 460 g/mol. The van der Waals surface area contributed by atoms with Crippen LogP contribution in [0.5, 0.6) is 0 Å². The van der Waals surface area contributed by atoms with Gasteiger partial charge in [0.25, 0.3) is 0 Å². The lowest BCUT2D eigenvalue weighted by Gasteiger charge is -2.48. The molecule has 0 N–H and O–H groups in total. The highest BCUT2D eigenvalue weighted by atomic mass is 15.4. The molecule has 38 heavy (non-hydrogen) atoms. The van der Waals surface area contributed by atoms with Crippen LogP contribution < -0.4 is 9.80 Å². The van der Waals surface area contributed by atoms with Crippen LogP contribution in [0.2, 0.25) is 0 Å². The third-order valence-electron chi connectivity index (χ3n) is 11.4. The Morgan fingerprint density at radius 2 is 1.11 bits per heavy atom. The molecule has 2 aromatic rings. The van der Waals surface area contributed by atoms with E-state index in [1.165, 1.54) is 108 Å². The van der Waals surface area contributed by atoms with Crippen LogP contribution in [0, 0.1) is 24.7 Å². The fourth-order valence-corrected chi connectivity index (χ4v) is 9.94. The lowest BCUT2D eigenvalue weighted by atomic mass is 9.55. The number of hydrogen-bond donors (Lipinski definition) is 0. The van der Waals surface area contributed by atoms with Crippen molar-refractivity contribution in [1.82, 2.24) is 0 Å². The third-order valence-corrected chi connectivity index (χ3v) is 11.4. The highest BCUT2D eigenvalue weighted by molar-refractivity contribution is 5.79. The largest absolute Gasteiger partial charge is 0.322 e. The zero-order valence-electron chi connectivity index (χ0n) is 23.9. The molecule has 1 unspecified atom stereocenters. The van der Waals surface area contributed by atoms with E-state index in [9.17, 15) is 0 Å². The number of aryl methyl sites for hydroxylation is 1. The van der Waals surface area contributed by atoms with Gasteiger partial charge < -0.3 is 9.80 Å². The maximum atomic E-state index is 2.95. The lowest BCUT2D eigenvalue weighted by molar-refractivity contribution is 0.133. The first-order valence-electron chi connectivity index (χ1n) is 16.2. The number of nitrogens with zero attached hydrogens (tertiary/aromatic N) is 2. The highest BCUT2D eigenvalue weighted by Gasteiger charge is 2.61. The molecule has 3 saturated carbocycles. The van der Waals surface area contributed by atoms with Crippen molar-refractivity contribution in [2.75, 3.05) is 9.80 Å². The highest BCUT2D eigenvalue weighted by Crippen LogP contribution is 2.65. The predicted octanol–water partition coefficient (Wildman–Crippen LogP) is 9.87. The third kappa shape index (κ3) is 3.65. The molecule has 0 bridgehead atoms. The van der Waals surface area contributed by atoms with E-state index in [2.05, 4.69) is 72.2 Å². The number of allylic oxidation sites excluding steroid dienone is 2. The van der Waals surface area contributed by atoms with Crippen LogP contribution in [-0.2, 0) is 5.41 Å². The van der Waals surface area contributed by atoms with Gasteiger partial charge in [-0.2, -0.15) is 0 Å². The fraction of sp³-hybridized carbons (Fsp3) is 0.611. The number of hydrogen-bond acceptors (Lipinski definition) is 2. The normalized spacial score (nSPS) is 26.6. The molecule has 2 aliphatic heterocycles. The zero-order valence-corrected chi connectivity index (χ0v) is 23.9. The first kappa shape index (κ1) is 24.8. The molecular formula is C36H48N2. The Balaban J connectivity index is 1.49. The summed E-state index contributed by atoms with van der Waals surface area (Å²) in [5.74, 6) is 2.27.